The molecule has 2 N–H and O–H groups in total. The quantitative estimate of drug-likeness (QED) is 0.726. The molecular weight excluding hydrogens is 362 g/mol. The van der Waals surface area contributed by atoms with E-state index in [1.54, 1.807) is 38.1 Å². The molecule has 3 rings (SSSR count). The molecular formula is C21H23NO6. The molecule has 0 aromatic heterocycles. The lowest BCUT2D eigenvalue weighted by molar-refractivity contribution is -0.140. The Hall–Kier alpha value is -3.09. The van der Waals surface area contributed by atoms with Crippen LogP contribution in [0.4, 0.5) is 0 Å². The van der Waals surface area contributed by atoms with E-state index in [2.05, 4.69) is 5.32 Å². The summed E-state index contributed by atoms with van der Waals surface area (Å²) in [6.45, 7) is 3.20. The fourth-order valence-corrected chi connectivity index (χ4v) is 3.76. The van der Waals surface area contributed by atoms with E-state index in [0.717, 1.165) is 12.1 Å². The number of Topliss-reactive ketones (excluding diaryl/α,β-unsaturated/α-hetero) is 1. The summed E-state index contributed by atoms with van der Waals surface area (Å²) in [5.41, 5.74) is 2.90. The van der Waals surface area contributed by atoms with E-state index in [4.69, 9.17) is 14.6 Å². The number of ketones is 1. The maximum Gasteiger partial charge on any atom is 0.341 e. The molecule has 1 aromatic carbocycles. The molecule has 0 bridgehead atoms. The third kappa shape index (κ3) is 3.78. The van der Waals surface area contributed by atoms with E-state index in [0.29, 0.717) is 41.0 Å². The highest BCUT2D eigenvalue weighted by atomic mass is 16.5. The highest BCUT2D eigenvalue weighted by Gasteiger charge is 2.40. The van der Waals surface area contributed by atoms with Gasteiger partial charge in [0.15, 0.2) is 12.4 Å². The van der Waals surface area contributed by atoms with Crippen molar-refractivity contribution in [2.45, 2.75) is 39.0 Å². The van der Waals surface area contributed by atoms with Crippen LogP contribution in [-0.2, 0) is 19.1 Å². The zero-order valence-corrected chi connectivity index (χ0v) is 15.9. The number of carboxylic acid groups (broad SMARTS) is 1. The number of hydrogen-bond acceptors (Lipinski definition) is 6. The molecule has 0 saturated heterocycles. The Balaban J connectivity index is 2.15. The van der Waals surface area contributed by atoms with Gasteiger partial charge in [-0.15, -0.1) is 0 Å². The SMILES string of the molecule is CCOC(=O)C1=C(C)NC2=C(C(=O)CCC2)[C@@H]1c1ccccc1OCC(=O)O. The number of hydrogen-bond donors (Lipinski definition) is 2. The van der Waals surface area contributed by atoms with Crippen LogP contribution < -0.4 is 10.1 Å². The molecule has 0 fully saturated rings. The molecule has 1 atom stereocenters. The number of benzene rings is 1. The van der Waals surface area contributed by atoms with Crippen LogP contribution in [0.2, 0.25) is 0 Å². The molecule has 0 spiro atoms. The fraction of sp³-hybridized carbons (Fsp3) is 0.381. The highest BCUT2D eigenvalue weighted by molar-refractivity contribution is 6.04. The number of carboxylic acids is 1. The van der Waals surface area contributed by atoms with E-state index in [-0.39, 0.29) is 12.4 Å². The molecule has 2 aliphatic rings. The van der Waals surface area contributed by atoms with E-state index in [1.165, 1.54) is 0 Å². The maximum atomic E-state index is 12.8. The van der Waals surface area contributed by atoms with Gasteiger partial charge in [0, 0.05) is 29.0 Å². The second-order valence-electron chi connectivity index (χ2n) is 6.71. The summed E-state index contributed by atoms with van der Waals surface area (Å²) < 4.78 is 10.7. The first-order valence-electron chi connectivity index (χ1n) is 9.28. The first kappa shape index (κ1) is 19.7. The van der Waals surface area contributed by atoms with Crippen molar-refractivity contribution in [1.82, 2.24) is 5.32 Å². The number of carbonyl (C=O) groups is 3. The van der Waals surface area contributed by atoms with Gasteiger partial charge in [-0.2, -0.15) is 0 Å². The lowest BCUT2D eigenvalue weighted by Crippen LogP contribution is -2.34. The van der Waals surface area contributed by atoms with Crippen LogP contribution in [-0.4, -0.2) is 36.0 Å². The second kappa shape index (κ2) is 8.29. The minimum Gasteiger partial charge on any atom is -0.482 e. The smallest absolute Gasteiger partial charge is 0.341 e. The van der Waals surface area contributed by atoms with Gasteiger partial charge in [0.1, 0.15) is 5.75 Å². The van der Waals surface area contributed by atoms with Crippen molar-refractivity contribution in [3.05, 3.63) is 52.4 Å². The molecule has 1 heterocycles. The van der Waals surface area contributed by atoms with Crippen LogP contribution in [0.5, 0.6) is 5.75 Å². The normalized spacial score (nSPS) is 19.1. The van der Waals surface area contributed by atoms with Crippen LogP contribution in [0.25, 0.3) is 0 Å². The van der Waals surface area contributed by atoms with Crippen molar-refractivity contribution in [1.29, 1.82) is 0 Å². The van der Waals surface area contributed by atoms with Crippen molar-refractivity contribution in [3.63, 3.8) is 0 Å². The number of esters is 1. The van der Waals surface area contributed by atoms with Gasteiger partial charge >= 0.3 is 11.9 Å². The number of aliphatic carboxylic acids is 1. The Labute approximate surface area is 163 Å². The molecule has 28 heavy (non-hydrogen) atoms. The summed E-state index contributed by atoms with van der Waals surface area (Å²) in [7, 11) is 0. The second-order valence-corrected chi connectivity index (χ2v) is 6.71. The molecule has 1 aliphatic carbocycles. The molecule has 0 saturated carbocycles. The first-order valence-corrected chi connectivity index (χ1v) is 9.28. The van der Waals surface area contributed by atoms with Gasteiger partial charge in [0.2, 0.25) is 0 Å². The molecule has 0 amide bonds. The predicted molar refractivity (Wildman–Crippen MR) is 101 cm³/mol. The van der Waals surface area contributed by atoms with E-state index >= 15 is 0 Å². The zero-order valence-electron chi connectivity index (χ0n) is 15.9. The molecule has 148 valence electrons. The van der Waals surface area contributed by atoms with Gasteiger partial charge in [0.25, 0.3) is 0 Å². The van der Waals surface area contributed by atoms with Crippen molar-refractivity contribution < 1.29 is 29.0 Å². The van der Waals surface area contributed by atoms with Crippen molar-refractivity contribution >= 4 is 17.7 Å². The zero-order chi connectivity index (χ0) is 20.3. The molecule has 0 unspecified atom stereocenters. The van der Waals surface area contributed by atoms with Gasteiger partial charge < -0.3 is 19.9 Å². The van der Waals surface area contributed by atoms with Crippen molar-refractivity contribution in [3.8, 4) is 5.75 Å². The van der Waals surface area contributed by atoms with Crippen LogP contribution in [0, 0.1) is 0 Å². The summed E-state index contributed by atoms with van der Waals surface area (Å²) in [4.78, 5) is 36.5. The molecule has 0 radical (unpaired) electrons. The maximum absolute atomic E-state index is 12.8. The fourth-order valence-electron chi connectivity index (χ4n) is 3.76. The predicted octanol–water partition coefficient (Wildman–Crippen LogP) is 2.68. The number of allylic oxidation sites excluding steroid dienone is 3. The lowest BCUT2D eigenvalue weighted by Gasteiger charge is -2.34. The van der Waals surface area contributed by atoms with E-state index < -0.39 is 24.5 Å². The summed E-state index contributed by atoms with van der Waals surface area (Å²) in [5.74, 6) is -1.97. The third-order valence-corrected chi connectivity index (χ3v) is 4.85. The lowest BCUT2D eigenvalue weighted by atomic mass is 9.75. The average molecular weight is 385 g/mol. The molecule has 7 nitrogen and oxygen atoms in total. The number of dihydropyridines is 1. The standard InChI is InChI=1S/C21H23NO6/c1-3-27-21(26)18-12(2)22-14-8-6-9-15(23)20(14)19(18)13-7-4-5-10-16(13)28-11-17(24)25/h4-5,7,10,19,22H,3,6,8-9,11H2,1-2H3,(H,24,25)/t19-/m1/s1. The van der Waals surface area contributed by atoms with Crippen LogP contribution in [0.3, 0.4) is 0 Å². The summed E-state index contributed by atoms with van der Waals surface area (Å²) in [5, 5.41) is 12.2. The number of ether oxygens (including phenoxy) is 2. The Morgan fingerprint density at radius 2 is 2.00 bits per heavy atom. The van der Waals surface area contributed by atoms with Gasteiger partial charge in [-0.3, -0.25) is 4.79 Å². The number of para-hydroxylation sites is 1. The number of rotatable bonds is 6. The third-order valence-electron chi connectivity index (χ3n) is 4.85. The Bertz CT molecular complexity index is 883. The van der Waals surface area contributed by atoms with Gasteiger partial charge in [-0.25, -0.2) is 9.59 Å². The summed E-state index contributed by atoms with van der Waals surface area (Å²) >= 11 is 0. The Kier molecular flexibility index (Phi) is 5.82. The first-order chi connectivity index (χ1) is 13.4. The monoisotopic (exact) mass is 385 g/mol. The minimum atomic E-state index is -1.11. The number of nitrogens with one attached hydrogen (secondary N) is 1. The average Bonchev–Trinajstić information content (AvgIpc) is 2.66. The van der Waals surface area contributed by atoms with Crippen LogP contribution in [0.15, 0.2) is 46.8 Å². The highest BCUT2D eigenvalue weighted by Crippen LogP contribution is 2.45. The topological polar surface area (TPSA) is 102 Å². The van der Waals surface area contributed by atoms with Gasteiger partial charge in [0.05, 0.1) is 18.1 Å². The molecule has 1 aliphatic heterocycles. The molecule has 7 heteroatoms. The Morgan fingerprint density at radius 1 is 1.25 bits per heavy atom. The van der Waals surface area contributed by atoms with E-state index in [9.17, 15) is 14.4 Å². The van der Waals surface area contributed by atoms with Crippen molar-refractivity contribution in [2.75, 3.05) is 13.2 Å². The van der Waals surface area contributed by atoms with E-state index in [1.807, 2.05) is 0 Å². The number of carbonyl (C=O) groups excluding carboxylic acids is 2. The minimum absolute atomic E-state index is 0.0268. The summed E-state index contributed by atoms with van der Waals surface area (Å²) in [6.07, 6.45) is 1.87. The van der Waals surface area contributed by atoms with Crippen molar-refractivity contribution in [2.24, 2.45) is 0 Å². The summed E-state index contributed by atoms with van der Waals surface area (Å²) in [6, 6.07) is 6.90. The van der Waals surface area contributed by atoms with Crippen LogP contribution in [0.1, 0.15) is 44.6 Å². The Morgan fingerprint density at radius 3 is 2.71 bits per heavy atom. The van der Waals surface area contributed by atoms with Crippen LogP contribution >= 0.6 is 0 Å². The molecule has 1 aromatic rings. The van der Waals surface area contributed by atoms with Gasteiger partial charge in [-0.1, -0.05) is 18.2 Å². The van der Waals surface area contributed by atoms with Gasteiger partial charge in [-0.05, 0) is 32.8 Å². The largest absolute Gasteiger partial charge is 0.482 e.